The van der Waals surface area contributed by atoms with Gasteiger partial charge >= 0.3 is 0 Å². The Morgan fingerprint density at radius 2 is 2.23 bits per heavy atom. The molecule has 0 radical (unpaired) electrons. The largest absolute Gasteiger partial charge is 0.491 e. The first kappa shape index (κ1) is 16.0. The Labute approximate surface area is 129 Å². The third kappa shape index (κ3) is 4.33. The number of aromatic amines is 1. The molecule has 2 rings (SSSR count). The molecule has 1 amide bonds. The van der Waals surface area contributed by atoms with Crippen molar-refractivity contribution >= 4 is 5.91 Å². The maximum absolute atomic E-state index is 12.1. The Hall–Kier alpha value is -2.34. The van der Waals surface area contributed by atoms with Crippen LogP contribution in [0, 0.1) is 0 Å². The molecule has 0 bridgehead atoms. The number of ether oxygens (including phenoxy) is 1. The highest BCUT2D eigenvalue weighted by Gasteiger charge is 2.11. The van der Waals surface area contributed by atoms with Gasteiger partial charge in [0.25, 0.3) is 5.91 Å². The van der Waals surface area contributed by atoms with E-state index in [-0.39, 0.29) is 19.1 Å². The fourth-order valence-electron chi connectivity index (χ4n) is 2.09. The monoisotopic (exact) mass is 303 g/mol. The average molecular weight is 303 g/mol. The number of aliphatic hydroxyl groups is 1. The van der Waals surface area contributed by atoms with Crippen LogP contribution in [-0.4, -0.2) is 34.4 Å². The van der Waals surface area contributed by atoms with Gasteiger partial charge < -0.3 is 15.2 Å². The summed E-state index contributed by atoms with van der Waals surface area (Å²) in [5.41, 5.74) is 2.20. The first-order chi connectivity index (χ1) is 10.7. The number of H-pyrrole nitrogens is 1. The van der Waals surface area contributed by atoms with Crippen molar-refractivity contribution in [3.63, 3.8) is 0 Å². The van der Waals surface area contributed by atoms with Crippen LogP contribution in [0.4, 0.5) is 0 Å². The number of aliphatic hydroxyl groups excluding tert-OH is 1. The molecule has 0 fully saturated rings. The number of nitrogens with one attached hydrogen (secondary N) is 2. The zero-order valence-corrected chi connectivity index (χ0v) is 12.6. The molecule has 0 saturated carbocycles. The van der Waals surface area contributed by atoms with E-state index in [1.54, 1.807) is 6.07 Å². The Morgan fingerprint density at radius 1 is 1.41 bits per heavy atom. The summed E-state index contributed by atoms with van der Waals surface area (Å²) in [7, 11) is 0. The van der Waals surface area contributed by atoms with E-state index in [1.165, 1.54) is 0 Å². The van der Waals surface area contributed by atoms with Gasteiger partial charge in [0.1, 0.15) is 18.1 Å². The number of carbonyl (C=O) groups is 1. The lowest BCUT2D eigenvalue weighted by atomic mass is 10.2. The Balaban J connectivity index is 1.95. The quantitative estimate of drug-likeness (QED) is 0.692. The molecule has 1 heterocycles. The van der Waals surface area contributed by atoms with Crippen molar-refractivity contribution in [2.75, 3.05) is 13.2 Å². The van der Waals surface area contributed by atoms with Crippen LogP contribution in [0.2, 0.25) is 0 Å². The summed E-state index contributed by atoms with van der Waals surface area (Å²) in [5.74, 6) is 0.432. The van der Waals surface area contributed by atoms with Crippen LogP contribution in [-0.2, 0) is 13.0 Å². The van der Waals surface area contributed by atoms with Crippen molar-refractivity contribution in [2.24, 2.45) is 0 Å². The number of carbonyl (C=O) groups excluding carboxylic acids is 1. The zero-order chi connectivity index (χ0) is 15.8. The van der Waals surface area contributed by atoms with Gasteiger partial charge in [0.05, 0.1) is 6.61 Å². The molecule has 22 heavy (non-hydrogen) atoms. The SMILES string of the molecule is CCCc1cc(C(=O)NCc2ccccc2OCCO)n[nH]1. The van der Waals surface area contributed by atoms with Crippen molar-refractivity contribution in [3.05, 3.63) is 47.3 Å². The summed E-state index contributed by atoms with van der Waals surface area (Å²) in [4.78, 5) is 12.1. The molecule has 2 aromatic rings. The number of rotatable bonds is 8. The maximum Gasteiger partial charge on any atom is 0.272 e. The van der Waals surface area contributed by atoms with E-state index in [1.807, 2.05) is 24.3 Å². The van der Waals surface area contributed by atoms with Crippen LogP contribution < -0.4 is 10.1 Å². The molecule has 3 N–H and O–H groups in total. The summed E-state index contributed by atoms with van der Waals surface area (Å²) in [6, 6.07) is 9.18. The topological polar surface area (TPSA) is 87.2 Å². The molecule has 6 nitrogen and oxygen atoms in total. The van der Waals surface area contributed by atoms with Gasteiger partial charge in [-0.2, -0.15) is 5.10 Å². The molecular weight excluding hydrogens is 282 g/mol. The van der Waals surface area contributed by atoms with Gasteiger partial charge in [-0.05, 0) is 18.6 Å². The molecule has 118 valence electrons. The van der Waals surface area contributed by atoms with Gasteiger partial charge in [-0.3, -0.25) is 9.89 Å². The molecule has 0 saturated heterocycles. The van der Waals surface area contributed by atoms with Crippen LogP contribution in [0.3, 0.4) is 0 Å². The number of benzene rings is 1. The predicted octanol–water partition coefficient (Wildman–Crippen LogP) is 1.66. The number of hydrogen-bond donors (Lipinski definition) is 3. The lowest BCUT2D eigenvalue weighted by molar-refractivity contribution is 0.0945. The van der Waals surface area contributed by atoms with Gasteiger partial charge in [0.2, 0.25) is 0 Å². The molecule has 0 atom stereocenters. The molecule has 1 aromatic heterocycles. The van der Waals surface area contributed by atoms with Gasteiger partial charge in [-0.25, -0.2) is 0 Å². The maximum atomic E-state index is 12.1. The summed E-state index contributed by atoms with van der Waals surface area (Å²) in [6.45, 7) is 2.60. The predicted molar refractivity (Wildman–Crippen MR) is 82.8 cm³/mol. The van der Waals surface area contributed by atoms with Gasteiger partial charge in [-0.15, -0.1) is 0 Å². The molecule has 0 aliphatic rings. The van der Waals surface area contributed by atoms with Crippen molar-refractivity contribution in [1.29, 1.82) is 0 Å². The minimum Gasteiger partial charge on any atom is -0.491 e. The van der Waals surface area contributed by atoms with E-state index in [0.717, 1.165) is 24.1 Å². The lowest BCUT2D eigenvalue weighted by Crippen LogP contribution is -2.23. The summed E-state index contributed by atoms with van der Waals surface area (Å²) in [5, 5.41) is 18.5. The van der Waals surface area contributed by atoms with Crippen LogP contribution in [0.5, 0.6) is 5.75 Å². The second kappa shape index (κ2) is 8.19. The standard InChI is InChI=1S/C16H21N3O3/c1-2-5-13-10-14(19-18-13)16(21)17-11-12-6-3-4-7-15(12)22-9-8-20/h3-4,6-7,10,20H,2,5,8-9,11H2,1H3,(H,17,21)(H,18,19). The first-order valence-electron chi connectivity index (χ1n) is 7.38. The Kier molecular flexibility index (Phi) is 5.97. The number of para-hydroxylation sites is 1. The van der Waals surface area contributed by atoms with E-state index in [9.17, 15) is 4.79 Å². The van der Waals surface area contributed by atoms with Gasteiger partial charge in [0, 0.05) is 17.8 Å². The number of aryl methyl sites for hydroxylation is 1. The van der Waals surface area contributed by atoms with Crippen molar-refractivity contribution in [1.82, 2.24) is 15.5 Å². The molecule has 6 heteroatoms. The minimum atomic E-state index is -0.226. The lowest BCUT2D eigenvalue weighted by Gasteiger charge is -2.10. The minimum absolute atomic E-state index is 0.0475. The normalized spacial score (nSPS) is 10.5. The second-order valence-corrected chi connectivity index (χ2v) is 4.89. The Bertz CT molecular complexity index is 610. The fraction of sp³-hybridized carbons (Fsp3) is 0.375. The third-order valence-electron chi connectivity index (χ3n) is 3.14. The number of hydrogen-bond acceptors (Lipinski definition) is 4. The smallest absolute Gasteiger partial charge is 0.272 e. The highest BCUT2D eigenvalue weighted by atomic mass is 16.5. The number of nitrogens with zero attached hydrogens (tertiary/aromatic N) is 1. The van der Waals surface area contributed by atoms with E-state index < -0.39 is 0 Å². The van der Waals surface area contributed by atoms with Crippen molar-refractivity contribution in [3.8, 4) is 5.75 Å². The van der Waals surface area contributed by atoms with E-state index in [4.69, 9.17) is 9.84 Å². The first-order valence-corrected chi connectivity index (χ1v) is 7.38. The average Bonchev–Trinajstić information content (AvgIpc) is 3.00. The number of amides is 1. The van der Waals surface area contributed by atoms with Crippen LogP contribution in [0.25, 0.3) is 0 Å². The van der Waals surface area contributed by atoms with Crippen molar-refractivity contribution in [2.45, 2.75) is 26.3 Å². The highest BCUT2D eigenvalue weighted by Crippen LogP contribution is 2.17. The van der Waals surface area contributed by atoms with Crippen molar-refractivity contribution < 1.29 is 14.6 Å². The highest BCUT2D eigenvalue weighted by molar-refractivity contribution is 5.92. The fourth-order valence-corrected chi connectivity index (χ4v) is 2.09. The van der Waals surface area contributed by atoms with Gasteiger partial charge in [-0.1, -0.05) is 31.5 Å². The summed E-state index contributed by atoms with van der Waals surface area (Å²) in [6.07, 6.45) is 1.87. The van der Waals surface area contributed by atoms with E-state index >= 15 is 0 Å². The van der Waals surface area contributed by atoms with Crippen LogP contribution >= 0.6 is 0 Å². The molecule has 0 spiro atoms. The third-order valence-corrected chi connectivity index (χ3v) is 3.14. The molecular formula is C16H21N3O3. The molecule has 0 aliphatic heterocycles. The summed E-state index contributed by atoms with van der Waals surface area (Å²) >= 11 is 0. The van der Waals surface area contributed by atoms with E-state index in [2.05, 4.69) is 22.4 Å². The van der Waals surface area contributed by atoms with Gasteiger partial charge in [0.15, 0.2) is 0 Å². The van der Waals surface area contributed by atoms with Crippen LogP contribution in [0.1, 0.15) is 35.1 Å². The Morgan fingerprint density at radius 3 is 3.00 bits per heavy atom. The second-order valence-electron chi connectivity index (χ2n) is 4.89. The van der Waals surface area contributed by atoms with Crippen LogP contribution in [0.15, 0.2) is 30.3 Å². The molecule has 1 aromatic carbocycles. The molecule has 0 unspecified atom stereocenters. The summed E-state index contributed by atoms with van der Waals surface area (Å²) < 4.78 is 5.44. The zero-order valence-electron chi connectivity index (χ0n) is 12.6. The molecule has 0 aliphatic carbocycles. The van der Waals surface area contributed by atoms with E-state index in [0.29, 0.717) is 18.0 Å². The number of aromatic nitrogens is 2.